The Labute approximate surface area is 154 Å². The van der Waals surface area contributed by atoms with Crippen molar-refractivity contribution in [3.05, 3.63) is 63.7 Å². The van der Waals surface area contributed by atoms with Crippen molar-refractivity contribution in [2.45, 2.75) is 17.9 Å². The lowest BCUT2D eigenvalue weighted by Gasteiger charge is -2.28. The van der Waals surface area contributed by atoms with Crippen molar-refractivity contribution in [1.82, 2.24) is 0 Å². The maximum absolute atomic E-state index is 13.0. The molecule has 0 aliphatic heterocycles. The third-order valence-electron chi connectivity index (χ3n) is 3.35. The molecule has 7 nitrogen and oxygen atoms in total. The molecule has 0 aliphatic carbocycles. The lowest BCUT2D eigenvalue weighted by atomic mass is 10.3. The quantitative estimate of drug-likeness (QED) is 0.417. The first-order valence-corrected chi connectivity index (χ1v) is 9.08. The topological polar surface area (TPSA) is 97.6 Å². The highest BCUT2D eigenvalue weighted by Crippen LogP contribution is 2.29. The van der Waals surface area contributed by atoms with Crippen LogP contribution in [0.1, 0.15) is 6.92 Å². The Morgan fingerprint density at radius 2 is 1.80 bits per heavy atom. The van der Waals surface area contributed by atoms with E-state index in [0.29, 0.717) is 5.02 Å². The van der Waals surface area contributed by atoms with Crippen LogP contribution in [0.5, 0.6) is 0 Å². The summed E-state index contributed by atoms with van der Waals surface area (Å²) in [7, 11) is -4.29. The molecule has 0 saturated heterocycles. The van der Waals surface area contributed by atoms with Gasteiger partial charge in [0.1, 0.15) is 6.04 Å². The van der Waals surface area contributed by atoms with Gasteiger partial charge in [0.15, 0.2) is 0 Å². The van der Waals surface area contributed by atoms with Gasteiger partial charge in [-0.3, -0.25) is 19.2 Å². The van der Waals surface area contributed by atoms with Gasteiger partial charge in [-0.1, -0.05) is 17.7 Å². The van der Waals surface area contributed by atoms with Crippen molar-refractivity contribution in [1.29, 1.82) is 0 Å². The van der Waals surface area contributed by atoms with Gasteiger partial charge in [-0.25, -0.2) is 8.42 Å². The zero-order valence-corrected chi connectivity index (χ0v) is 15.1. The van der Waals surface area contributed by atoms with Crippen LogP contribution in [0, 0.1) is 10.1 Å². The van der Waals surface area contributed by atoms with Crippen LogP contribution in [0.15, 0.2) is 53.4 Å². The van der Waals surface area contributed by atoms with E-state index >= 15 is 0 Å². The fourth-order valence-electron chi connectivity index (χ4n) is 2.12. The van der Waals surface area contributed by atoms with Crippen LogP contribution < -0.4 is 4.31 Å². The third-order valence-corrected chi connectivity index (χ3v) is 5.81. The summed E-state index contributed by atoms with van der Waals surface area (Å²) < 4.78 is 26.8. The number of benzene rings is 2. The van der Waals surface area contributed by atoms with Crippen molar-refractivity contribution >= 4 is 49.8 Å². The van der Waals surface area contributed by atoms with Crippen molar-refractivity contribution in [2.24, 2.45) is 0 Å². The van der Waals surface area contributed by atoms with Gasteiger partial charge in [0.25, 0.3) is 15.7 Å². The lowest BCUT2D eigenvalue weighted by molar-refractivity contribution is -0.385. The van der Waals surface area contributed by atoms with Gasteiger partial charge in [-0.2, -0.15) is 0 Å². The van der Waals surface area contributed by atoms with E-state index in [0.717, 1.165) is 10.4 Å². The number of carbonyl (C=O) groups is 1. The first-order chi connectivity index (χ1) is 11.6. The van der Waals surface area contributed by atoms with Crippen LogP contribution in [0.4, 0.5) is 11.4 Å². The van der Waals surface area contributed by atoms with Gasteiger partial charge >= 0.3 is 0 Å². The smallest absolute Gasteiger partial charge is 0.270 e. The van der Waals surface area contributed by atoms with Crippen molar-refractivity contribution in [3.63, 3.8) is 0 Å². The maximum Gasteiger partial charge on any atom is 0.270 e. The van der Waals surface area contributed by atoms with E-state index in [1.807, 2.05) is 0 Å². The van der Waals surface area contributed by atoms with Crippen LogP contribution in [0.25, 0.3) is 0 Å². The molecule has 10 heteroatoms. The minimum Gasteiger partial charge on any atom is -0.279 e. The molecule has 0 fully saturated rings. The Balaban J connectivity index is 2.63. The molecule has 132 valence electrons. The van der Waals surface area contributed by atoms with E-state index in [2.05, 4.69) is 0 Å². The molecule has 0 aliphatic rings. The highest BCUT2D eigenvalue weighted by molar-refractivity contribution is 7.93. The van der Waals surface area contributed by atoms with Crippen molar-refractivity contribution < 1.29 is 18.1 Å². The van der Waals surface area contributed by atoms with E-state index in [-0.39, 0.29) is 16.3 Å². The molecule has 0 saturated carbocycles. The second-order valence-electron chi connectivity index (χ2n) is 5.01. The molecule has 0 bridgehead atoms. The van der Waals surface area contributed by atoms with E-state index in [1.165, 1.54) is 49.4 Å². The zero-order chi connectivity index (χ0) is 18.8. The molecule has 1 unspecified atom stereocenters. The number of hydrogen-bond acceptors (Lipinski definition) is 5. The molecule has 0 aromatic heterocycles. The first kappa shape index (κ1) is 19.2. The predicted molar refractivity (Wildman–Crippen MR) is 94.5 cm³/mol. The second-order valence-corrected chi connectivity index (χ2v) is 7.64. The Kier molecular flexibility index (Phi) is 5.66. The largest absolute Gasteiger partial charge is 0.279 e. The Morgan fingerprint density at radius 1 is 1.20 bits per heavy atom. The zero-order valence-electron chi connectivity index (χ0n) is 12.8. The molecule has 0 radical (unpaired) electrons. The number of carbonyl (C=O) groups excluding carboxylic acids is 1. The summed E-state index contributed by atoms with van der Waals surface area (Å²) in [5.74, 6) is 0. The van der Waals surface area contributed by atoms with Crippen LogP contribution in [-0.2, 0) is 14.8 Å². The number of halogens is 2. The van der Waals surface area contributed by atoms with E-state index in [1.54, 1.807) is 0 Å². The highest BCUT2D eigenvalue weighted by Gasteiger charge is 2.33. The van der Waals surface area contributed by atoms with E-state index < -0.39 is 26.2 Å². The molecule has 0 amide bonds. The number of non-ortho nitro benzene ring substituents is 1. The van der Waals surface area contributed by atoms with Gasteiger partial charge in [0.05, 0.1) is 15.5 Å². The number of hydrogen-bond donors (Lipinski definition) is 0. The molecular formula is C15H12Cl2N2O5S. The third kappa shape index (κ3) is 4.09. The Hall–Kier alpha value is -2.16. The highest BCUT2D eigenvalue weighted by atomic mass is 35.5. The van der Waals surface area contributed by atoms with E-state index in [9.17, 15) is 23.3 Å². The number of nitrogens with zero attached hydrogens (tertiary/aromatic N) is 2. The molecule has 0 spiro atoms. The number of sulfonamides is 1. The molecule has 1 atom stereocenters. The number of rotatable bonds is 6. The molecular weight excluding hydrogens is 391 g/mol. The summed E-state index contributed by atoms with van der Waals surface area (Å²) in [6.07, 6.45) is 0. The number of nitro benzene ring substituents is 1. The Bertz CT molecular complexity index is 916. The summed E-state index contributed by atoms with van der Waals surface area (Å²) in [4.78, 5) is 21.5. The molecule has 0 N–H and O–H groups in total. The minimum absolute atomic E-state index is 0.150. The summed E-state index contributed by atoms with van der Waals surface area (Å²) >= 11 is 11.3. The summed E-state index contributed by atoms with van der Waals surface area (Å²) in [6.45, 7) is 1.32. The van der Waals surface area contributed by atoms with Gasteiger partial charge in [-0.15, -0.1) is 0 Å². The molecule has 2 rings (SSSR count). The van der Waals surface area contributed by atoms with E-state index in [4.69, 9.17) is 23.2 Å². The van der Waals surface area contributed by atoms with Crippen LogP contribution >= 0.6 is 23.2 Å². The van der Waals surface area contributed by atoms with Gasteiger partial charge in [0.2, 0.25) is 5.24 Å². The lowest BCUT2D eigenvalue weighted by Crippen LogP contribution is -2.42. The number of nitro groups is 1. The molecule has 2 aromatic carbocycles. The number of anilines is 1. The normalized spacial score (nSPS) is 12.4. The molecule has 2 aromatic rings. The van der Waals surface area contributed by atoms with Gasteiger partial charge in [0, 0.05) is 17.2 Å². The van der Waals surface area contributed by atoms with Crippen LogP contribution in [0.2, 0.25) is 5.02 Å². The summed E-state index contributed by atoms with van der Waals surface area (Å²) in [5.41, 5.74) is -0.237. The predicted octanol–water partition coefficient (Wildman–Crippen LogP) is 3.60. The van der Waals surface area contributed by atoms with Crippen molar-refractivity contribution in [2.75, 3.05) is 4.31 Å². The first-order valence-electron chi connectivity index (χ1n) is 6.88. The summed E-state index contributed by atoms with van der Waals surface area (Å²) in [6, 6.07) is 9.05. The fourth-order valence-corrected chi connectivity index (χ4v) is 4.06. The minimum atomic E-state index is -4.29. The van der Waals surface area contributed by atoms with Crippen LogP contribution in [-0.4, -0.2) is 24.6 Å². The monoisotopic (exact) mass is 402 g/mol. The standard InChI is InChI=1S/C15H12Cl2N2O5S/c1-10(15(17)20)18(12-7-5-11(16)6-8-12)25(23,24)14-4-2-3-13(9-14)19(21)22/h2-10H,1H3. The van der Waals surface area contributed by atoms with Crippen molar-refractivity contribution in [3.8, 4) is 0 Å². The average molecular weight is 403 g/mol. The maximum atomic E-state index is 13.0. The fraction of sp³-hybridized carbons (Fsp3) is 0.133. The SMILES string of the molecule is CC(C(=O)Cl)N(c1ccc(Cl)cc1)S(=O)(=O)c1cccc([N+](=O)[O-])c1. The van der Waals surface area contributed by atoms with Crippen LogP contribution in [0.3, 0.4) is 0 Å². The second kappa shape index (κ2) is 7.38. The summed E-state index contributed by atoms with van der Waals surface area (Å²) in [5, 5.41) is 10.4. The molecule has 25 heavy (non-hydrogen) atoms. The average Bonchev–Trinajstić information content (AvgIpc) is 2.56. The van der Waals surface area contributed by atoms with Gasteiger partial charge in [-0.05, 0) is 48.9 Å². The van der Waals surface area contributed by atoms with Gasteiger partial charge < -0.3 is 0 Å². The Morgan fingerprint density at radius 3 is 2.32 bits per heavy atom. The molecule has 0 heterocycles.